The van der Waals surface area contributed by atoms with E-state index < -0.39 is 0 Å². The van der Waals surface area contributed by atoms with Gasteiger partial charge in [-0.2, -0.15) is 0 Å². The quantitative estimate of drug-likeness (QED) is 0.282. The number of likely N-dealkylation sites (N-methyl/N-ethyl adjacent to an activating group) is 1. The molecule has 0 bridgehead atoms. The molecular formula is C20H40IN5O. The van der Waals surface area contributed by atoms with Gasteiger partial charge >= 0.3 is 0 Å². The molecule has 3 aliphatic rings. The molecule has 2 heterocycles. The lowest BCUT2D eigenvalue weighted by Crippen LogP contribution is -2.55. The molecule has 1 saturated carbocycles. The standard InChI is InChI=1S/C20H39N5O.HI/c1-21-19(22-17-20(23(2)3)9-6-4-5-7-10-20)25-11-8-18(16-25)24-12-14-26-15-13-24;/h18H,4-17H2,1-3H3,(H,21,22);1H. The second-order valence-electron chi connectivity index (χ2n) is 8.47. The van der Waals surface area contributed by atoms with Crippen LogP contribution in [-0.2, 0) is 4.74 Å². The lowest BCUT2D eigenvalue weighted by molar-refractivity contribution is 0.0194. The highest BCUT2D eigenvalue weighted by molar-refractivity contribution is 14.0. The van der Waals surface area contributed by atoms with Crippen LogP contribution in [0, 0.1) is 0 Å². The molecule has 0 aromatic rings. The fraction of sp³-hybridized carbons (Fsp3) is 0.950. The van der Waals surface area contributed by atoms with Crippen molar-refractivity contribution in [2.24, 2.45) is 4.99 Å². The van der Waals surface area contributed by atoms with Crippen LogP contribution in [-0.4, -0.2) is 99.3 Å². The zero-order valence-electron chi connectivity index (χ0n) is 17.6. The predicted molar refractivity (Wildman–Crippen MR) is 123 cm³/mol. The van der Waals surface area contributed by atoms with Gasteiger partial charge in [-0.1, -0.05) is 25.7 Å². The van der Waals surface area contributed by atoms with Crippen LogP contribution in [0.4, 0.5) is 0 Å². The largest absolute Gasteiger partial charge is 0.379 e. The van der Waals surface area contributed by atoms with E-state index in [4.69, 9.17) is 4.74 Å². The minimum Gasteiger partial charge on any atom is -0.379 e. The number of halogens is 1. The summed E-state index contributed by atoms with van der Waals surface area (Å²) in [7, 11) is 6.43. The monoisotopic (exact) mass is 493 g/mol. The molecule has 1 unspecified atom stereocenters. The fourth-order valence-corrected chi connectivity index (χ4v) is 4.92. The number of morpholine rings is 1. The minimum absolute atomic E-state index is 0. The second kappa shape index (κ2) is 11.2. The summed E-state index contributed by atoms with van der Waals surface area (Å²) in [5.41, 5.74) is 0.274. The number of nitrogens with zero attached hydrogens (tertiary/aromatic N) is 4. The molecular weight excluding hydrogens is 453 g/mol. The van der Waals surface area contributed by atoms with Crippen LogP contribution in [0.15, 0.2) is 4.99 Å². The fourth-order valence-electron chi connectivity index (χ4n) is 4.92. The van der Waals surface area contributed by atoms with E-state index in [-0.39, 0.29) is 29.5 Å². The van der Waals surface area contributed by atoms with Crippen LogP contribution in [0.3, 0.4) is 0 Å². The Bertz CT molecular complexity index is 459. The Balaban J connectivity index is 0.00000261. The number of ether oxygens (including phenoxy) is 1. The molecule has 0 aromatic carbocycles. The molecule has 6 nitrogen and oxygen atoms in total. The van der Waals surface area contributed by atoms with Crippen LogP contribution < -0.4 is 5.32 Å². The summed E-state index contributed by atoms with van der Waals surface area (Å²) in [4.78, 5) is 12.1. The third-order valence-corrected chi connectivity index (χ3v) is 6.80. The van der Waals surface area contributed by atoms with Gasteiger partial charge in [0.1, 0.15) is 0 Å². The number of nitrogens with one attached hydrogen (secondary N) is 1. The Labute approximate surface area is 183 Å². The molecule has 0 radical (unpaired) electrons. The highest BCUT2D eigenvalue weighted by Crippen LogP contribution is 2.30. The zero-order valence-corrected chi connectivity index (χ0v) is 19.9. The topological polar surface area (TPSA) is 43.3 Å². The molecule has 2 aliphatic heterocycles. The maximum absolute atomic E-state index is 5.51. The van der Waals surface area contributed by atoms with Crippen molar-refractivity contribution in [1.82, 2.24) is 20.0 Å². The smallest absolute Gasteiger partial charge is 0.193 e. The van der Waals surface area contributed by atoms with Gasteiger partial charge in [0, 0.05) is 51.4 Å². The van der Waals surface area contributed by atoms with Crippen molar-refractivity contribution in [3.05, 3.63) is 0 Å². The van der Waals surface area contributed by atoms with Crippen LogP contribution in [0.25, 0.3) is 0 Å². The van der Waals surface area contributed by atoms with Crippen molar-refractivity contribution in [1.29, 1.82) is 0 Å². The summed E-state index contributed by atoms with van der Waals surface area (Å²) in [6.45, 7) is 7.13. The maximum atomic E-state index is 5.51. The molecule has 1 aliphatic carbocycles. The first-order chi connectivity index (χ1) is 12.6. The van der Waals surface area contributed by atoms with Crippen molar-refractivity contribution in [3.8, 4) is 0 Å². The van der Waals surface area contributed by atoms with Crippen molar-refractivity contribution < 1.29 is 4.74 Å². The van der Waals surface area contributed by atoms with Crippen LogP contribution in [0.2, 0.25) is 0 Å². The Morgan fingerprint density at radius 1 is 1.11 bits per heavy atom. The molecule has 3 rings (SSSR count). The summed E-state index contributed by atoms with van der Waals surface area (Å²) in [5, 5.41) is 3.75. The summed E-state index contributed by atoms with van der Waals surface area (Å²) in [6, 6.07) is 0.651. The van der Waals surface area contributed by atoms with E-state index in [9.17, 15) is 0 Å². The highest BCUT2D eigenvalue weighted by atomic mass is 127. The summed E-state index contributed by atoms with van der Waals surface area (Å²) in [5.74, 6) is 1.09. The molecule has 3 fully saturated rings. The summed E-state index contributed by atoms with van der Waals surface area (Å²) in [6.07, 6.45) is 9.29. The van der Waals surface area contributed by atoms with Gasteiger partial charge in [-0.3, -0.25) is 9.89 Å². The van der Waals surface area contributed by atoms with Crippen LogP contribution >= 0.6 is 24.0 Å². The van der Waals surface area contributed by atoms with E-state index in [1.807, 2.05) is 7.05 Å². The van der Waals surface area contributed by atoms with Gasteiger partial charge in [-0.15, -0.1) is 24.0 Å². The van der Waals surface area contributed by atoms with E-state index in [2.05, 4.69) is 39.1 Å². The van der Waals surface area contributed by atoms with Crippen molar-refractivity contribution in [2.75, 3.05) is 67.1 Å². The number of likely N-dealkylation sites (tertiary alicyclic amines) is 1. The lowest BCUT2D eigenvalue weighted by atomic mass is 9.88. The number of hydrogen-bond donors (Lipinski definition) is 1. The number of rotatable bonds is 4. The second-order valence-corrected chi connectivity index (χ2v) is 8.47. The summed E-state index contributed by atoms with van der Waals surface area (Å²) >= 11 is 0. The molecule has 2 saturated heterocycles. The van der Waals surface area contributed by atoms with Crippen molar-refractivity contribution in [3.63, 3.8) is 0 Å². The van der Waals surface area contributed by atoms with Crippen LogP contribution in [0.5, 0.6) is 0 Å². The Kier molecular flexibility index (Phi) is 9.58. The third-order valence-electron chi connectivity index (χ3n) is 6.80. The van der Waals surface area contributed by atoms with E-state index >= 15 is 0 Å². The first kappa shape index (κ1) is 23.2. The molecule has 27 heavy (non-hydrogen) atoms. The number of aliphatic imine (C=N–C) groups is 1. The zero-order chi connectivity index (χ0) is 18.4. The van der Waals surface area contributed by atoms with Gasteiger partial charge < -0.3 is 19.9 Å². The van der Waals surface area contributed by atoms with Gasteiger partial charge in [-0.05, 0) is 33.4 Å². The lowest BCUT2D eigenvalue weighted by Gasteiger charge is -2.40. The molecule has 158 valence electrons. The Morgan fingerprint density at radius 3 is 2.37 bits per heavy atom. The number of guanidine groups is 1. The van der Waals surface area contributed by atoms with E-state index in [0.717, 1.165) is 51.9 Å². The SMILES string of the molecule is CN=C(NCC1(N(C)C)CCCCCC1)N1CCC(N2CCOCC2)C1.I. The molecule has 1 N–H and O–H groups in total. The molecule has 7 heteroatoms. The maximum Gasteiger partial charge on any atom is 0.193 e. The first-order valence-corrected chi connectivity index (χ1v) is 10.6. The van der Waals surface area contributed by atoms with Crippen molar-refractivity contribution in [2.45, 2.75) is 56.5 Å². The van der Waals surface area contributed by atoms with Gasteiger partial charge in [0.15, 0.2) is 5.96 Å². The average Bonchev–Trinajstić information content (AvgIpc) is 3.02. The molecule has 0 aromatic heterocycles. The molecule has 0 amide bonds. The van der Waals surface area contributed by atoms with Gasteiger partial charge in [0.2, 0.25) is 0 Å². The van der Waals surface area contributed by atoms with Gasteiger partial charge in [-0.25, -0.2) is 0 Å². The van der Waals surface area contributed by atoms with E-state index in [1.54, 1.807) is 0 Å². The molecule has 0 spiro atoms. The van der Waals surface area contributed by atoms with Crippen molar-refractivity contribution >= 4 is 29.9 Å². The van der Waals surface area contributed by atoms with Crippen LogP contribution in [0.1, 0.15) is 44.9 Å². The average molecular weight is 493 g/mol. The normalized spacial score (nSPS) is 27.3. The third kappa shape index (κ3) is 5.93. The van der Waals surface area contributed by atoms with E-state index in [0.29, 0.717) is 6.04 Å². The first-order valence-electron chi connectivity index (χ1n) is 10.6. The number of hydrogen-bond acceptors (Lipinski definition) is 4. The highest BCUT2D eigenvalue weighted by Gasteiger charge is 2.35. The predicted octanol–water partition coefficient (Wildman–Crippen LogP) is 2.24. The van der Waals surface area contributed by atoms with Gasteiger partial charge in [0.25, 0.3) is 0 Å². The Hall–Kier alpha value is -0.120. The van der Waals surface area contributed by atoms with E-state index in [1.165, 1.54) is 44.9 Å². The van der Waals surface area contributed by atoms with Gasteiger partial charge in [0.05, 0.1) is 13.2 Å². The summed E-state index contributed by atoms with van der Waals surface area (Å²) < 4.78 is 5.51. The Morgan fingerprint density at radius 2 is 1.78 bits per heavy atom. The minimum atomic E-state index is 0. The molecule has 1 atom stereocenters.